The Bertz CT molecular complexity index is 814. The molecule has 3 aromatic rings. The Kier molecular flexibility index (Phi) is 5.06. The van der Waals surface area contributed by atoms with Gasteiger partial charge in [-0.1, -0.05) is 73.1 Å². The Morgan fingerprint density at radius 3 is 1.79 bits per heavy atom. The summed E-state index contributed by atoms with van der Waals surface area (Å²) in [5.41, 5.74) is 7.94. The molecule has 122 valence electrons. The lowest BCUT2D eigenvalue weighted by atomic mass is 9.84. The molecule has 0 aliphatic carbocycles. The van der Waals surface area contributed by atoms with Crippen LogP contribution in [0.5, 0.6) is 0 Å². The third-order valence-electron chi connectivity index (χ3n) is 4.79. The maximum Gasteiger partial charge on any atom is 0.0406 e. The molecule has 0 bridgehead atoms. The van der Waals surface area contributed by atoms with Crippen LogP contribution >= 0.6 is 11.6 Å². The molecule has 1 atom stereocenters. The molecule has 0 N–H and O–H groups in total. The maximum absolute atomic E-state index is 6.09. The van der Waals surface area contributed by atoms with Crippen LogP contribution in [0, 0.1) is 13.8 Å². The summed E-state index contributed by atoms with van der Waals surface area (Å²) in [6.45, 7) is 6.53. The predicted molar refractivity (Wildman–Crippen MR) is 104 cm³/mol. The average molecular weight is 335 g/mol. The summed E-state index contributed by atoms with van der Waals surface area (Å²) in [6, 6.07) is 24.0. The number of hydrogen-bond acceptors (Lipinski definition) is 0. The van der Waals surface area contributed by atoms with E-state index in [-0.39, 0.29) is 5.92 Å². The average Bonchev–Trinajstić information content (AvgIpc) is 2.60. The minimum atomic E-state index is 0.229. The molecule has 0 aliphatic rings. The van der Waals surface area contributed by atoms with E-state index in [1.807, 2.05) is 12.1 Å². The second-order valence-corrected chi connectivity index (χ2v) is 6.86. The van der Waals surface area contributed by atoms with Crippen molar-refractivity contribution in [2.75, 3.05) is 0 Å². The zero-order valence-corrected chi connectivity index (χ0v) is 15.3. The van der Waals surface area contributed by atoms with Gasteiger partial charge in [-0.3, -0.25) is 0 Å². The first kappa shape index (κ1) is 16.8. The summed E-state index contributed by atoms with van der Waals surface area (Å²) >= 11 is 6.09. The van der Waals surface area contributed by atoms with Crippen molar-refractivity contribution in [3.05, 3.63) is 105 Å². The van der Waals surface area contributed by atoms with Gasteiger partial charge in [0.15, 0.2) is 0 Å². The van der Waals surface area contributed by atoms with Gasteiger partial charge in [0.2, 0.25) is 0 Å². The fourth-order valence-electron chi connectivity index (χ4n) is 3.12. The first-order valence-corrected chi connectivity index (χ1v) is 8.87. The molecule has 0 heterocycles. The molecule has 1 heteroatoms. The van der Waals surface area contributed by atoms with Gasteiger partial charge in [-0.25, -0.2) is 0 Å². The van der Waals surface area contributed by atoms with Crippen LogP contribution < -0.4 is 0 Å². The molecule has 0 saturated carbocycles. The van der Waals surface area contributed by atoms with E-state index in [0.29, 0.717) is 0 Å². The van der Waals surface area contributed by atoms with Gasteiger partial charge in [0.1, 0.15) is 0 Å². The molecular weight excluding hydrogens is 312 g/mol. The van der Waals surface area contributed by atoms with E-state index in [1.54, 1.807) is 0 Å². The van der Waals surface area contributed by atoms with Crippen LogP contribution in [0.1, 0.15) is 46.2 Å². The van der Waals surface area contributed by atoms with Crippen LogP contribution in [0.3, 0.4) is 0 Å². The van der Waals surface area contributed by atoms with Crippen molar-refractivity contribution < 1.29 is 0 Å². The third kappa shape index (κ3) is 3.55. The van der Waals surface area contributed by atoms with E-state index in [1.165, 1.54) is 33.4 Å². The monoisotopic (exact) mass is 334 g/mol. The van der Waals surface area contributed by atoms with Gasteiger partial charge < -0.3 is 0 Å². The number of hydrogen-bond donors (Lipinski definition) is 0. The summed E-state index contributed by atoms with van der Waals surface area (Å²) in [7, 11) is 0. The van der Waals surface area contributed by atoms with Gasteiger partial charge >= 0.3 is 0 Å². The standard InChI is InChI=1S/C23H23Cl/c1-4-18-6-9-19(10-7-18)23(20-11-13-22(24)14-12-20)21-8-5-16(2)17(3)15-21/h5-15,23H,4H2,1-3H3. The first-order chi connectivity index (χ1) is 11.6. The normalized spacial score (nSPS) is 12.2. The van der Waals surface area contributed by atoms with E-state index >= 15 is 0 Å². The lowest BCUT2D eigenvalue weighted by molar-refractivity contribution is 0.968. The molecule has 0 radical (unpaired) electrons. The van der Waals surface area contributed by atoms with Crippen molar-refractivity contribution in [3.63, 3.8) is 0 Å². The minimum absolute atomic E-state index is 0.229. The van der Waals surface area contributed by atoms with Crippen LogP contribution in [0.4, 0.5) is 0 Å². The van der Waals surface area contributed by atoms with Crippen LogP contribution in [0.2, 0.25) is 5.02 Å². The fraction of sp³-hybridized carbons (Fsp3) is 0.217. The van der Waals surface area contributed by atoms with Crippen molar-refractivity contribution in [2.24, 2.45) is 0 Å². The van der Waals surface area contributed by atoms with Crippen LogP contribution in [0.25, 0.3) is 0 Å². The Hall–Kier alpha value is -2.05. The summed E-state index contributed by atoms with van der Waals surface area (Å²) in [6.07, 6.45) is 1.07. The van der Waals surface area contributed by atoms with Gasteiger partial charge in [-0.2, -0.15) is 0 Å². The quantitative estimate of drug-likeness (QED) is 0.466. The Morgan fingerprint density at radius 2 is 1.25 bits per heavy atom. The molecule has 0 spiro atoms. The summed E-state index contributed by atoms with van der Waals surface area (Å²) in [5, 5.41) is 0.777. The van der Waals surface area contributed by atoms with Crippen LogP contribution in [-0.2, 0) is 6.42 Å². The van der Waals surface area contributed by atoms with Crippen molar-refractivity contribution in [1.29, 1.82) is 0 Å². The molecule has 3 rings (SSSR count). The summed E-state index contributed by atoms with van der Waals surface area (Å²) in [5.74, 6) is 0.229. The number of halogens is 1. The summed E-state index contributed by atoms with van der Waals surface area (Å²) in [4.78, 5) is 0. The number of aryl methyl sites for hydroxylation is 3. The highest BCUT2D eigenvalue weighted by Gasteiger charge is 2.17. The molecule has 0 fully saturated rings. The molecule has 0 aliphatic heterocycles. The zero-order valence-electron chi connectivity index (χ0n) is 14.5. The van der Waals surface area contributed by atoms with Gasteiger partial charge in [0.05, 0.1) is 0 Å². The molecule has 0 nitrogen and oxygen atoms in total. The van der Waals surface area contributed by atoms with E-state index in [9.17, 15) is 0 Å². The highest BCUT2D eigenvalue weighted by molar-refractivity contribution is 6.30. The molecule has 3 aromatic carbocycles. The second-order valence-electron chi connectivity index (χ2n) is 6.42. The Morgan fingerprint density at radius 1 is 0.708 bits per heavy atom. The molecular formula is C23H23Cl. The molecule has 24 heavy (non-hydrogen) atoms. The Balaban J connectivity index is 2.11. The topological polar surface area (TPSA) is 0 Å². The maximum atomic E-state index is 6.09. The number of benzene rings is 3. The second kappa shape index (κ2) is 7.23. The van der Waals surface area contributed by atoms with Crippen molar-refractivity contribution in [3.8, 4) is 0 Å². The van der Waals surface area contributed by atoms with Crippen molar-refractivity contribution in [2.45, 2.75) is 33.1 Å². The molecule has 0 amide bonds. The SMILES string of the molecule is CCc1ccc(C(c2ccc(Cl)cc2)c2ccc(C)c(C)c2)cc1. The highest BCUT2D eigenvalue weighted by Crippen LogP contribution is 2.33. The van der Waals surface area contributed by atoms with E-state index in [4.69, 9.17) is 11.6 Å². The lowest BCUT2D eigenvalue weighted by Crippen LogP contribution is -2.04. The summed E-state index contributed by atoms with van der Waals surface area (Å²) < 4.78 is 0. The van der Waals surface area contributed by atoms with E-state index in [0.717, 1.165) is 11.4 Å². The van der Waals surface area contributed by atoms with Gasteiger partial charge in [-0.05, 0) is 65.8 Å². The zero-order chi connectivity index (χ0) is 17.1. The lowest BCUT2D eigenvalue weighted by Gasteiger charge is -2.20. The third-order valence-corrected chi connectivity index (χ3v) is 5.04. The van der Waals surface area contributed by atoms with Crippen molar-refractivity contribution in [1.82, 2.24) is 0 Å². The fourth-order valence-corrected chi connectivity index (χ4v) is 3.25. The van der Waals surface area contributed by atoms with Crippen LogP contribution in [0.15, 0.2) is 66.7 Å². The van der Waals surface area contributed by atoms with Crippen molar-refractivity contribution >= 4 is 11.6 Å². The predicted octanol–water partition coefficient (Wildman–Crippen LogP) is 6.70. The smallest absolute Gasteiger partial charge is 0.0406 e. The Labute approximate surface area is 150 Å². The minimum Gasteiger partial charge on any atom is -0.0843 e. The molecule has 0 aromatic heterocycles. The first-order valence-electron chi connectivity index (χ1n) is 8.50. The molecule has 1 unspecified atom stereocenters. The molecule has 0 saturated heterocycles. The van der Waals surface area contributed by atoms with Gasteiger partial charge in [0.25, 0.3) is 0 Å². The van der Waals surface area contributed by atoms with E-state index < -0.39 is 0 Å². The number of rotatable bonds is 4. The van der Waals surface area contributed by atoms with Crippen LogP contribution in [-0.4, -0.2) is 0 Å². The highest BCUT2D eigenvalue weighted by atomic mass is 35.5. The largest absolute Gasteiger partial charge is 0.0843 e. The van der Waals surface area contributed by atoms with Gasteiger partial charge in [-0.15, -0.1) is 0 Å². The van der Waals surface area contributed by atoms with Gasteiger partial charge in [0, 0.05) is 10.9 Å². The van der Waals surface area contributed by atoms with E-state index in [2.05, 4.69) is 75.4 Å².